The molecule has 1 aliphatic rings. The molecule has 2 aromatic carbocycles. The number of piperidine rings is 1. The molecule has 7 heteroatoms. The van der Waals surface area contributed by atoms with E-state index < -0.39 is 0 Å². The van der Waals surface area contributed by atoms with E-state index in [-0.39, 0.29) is 17.9 Å². The van der Waals surface area contributed by atoms with Crippen LogP contribution in [-0.2, 0) is 0 Å². The van der Waals surface area contributed by atoms with Crippen molar-refractivity contribution in [2.45, 2.75) is 46.6 Å². The van der Waals surface area contributed by atoms with Crippen LogP contribution in [0.2, 0.25) is 0 Å². The lowest BCUT2D eigenvalue weighted by Gasteiger charge is -2.32. The van der Waals surface area contributed by atoms with Crippen molar-refractivity contribution in [3.63, 3.8) is 0 Å². The van der Waals surface area contributed by atoms with Crippen LogP contribution in [0.1, 0.15) is 55.9 Å². The van der Waals surface area contributed by atoms with Crippen molar-refractivity contribution < 1.29 is 9.59 Å². The highest BCUT2D eigenvalue weighted by Gasteiger charge is 2.26. The van der Waals surface area contributed by atoms with E-state index in [0.29, 0.717) is 37.2 Å². The largest absolute Gasteiger partial charge is 0.349 e. The predicted molar refractivity (Wildman–Crippen MR) is 123 cm³/mol. The Hall–Kier alpha value is -3.48. The molecule has 166 valence electrons. The molecule has 0 bridgehead atoms. The Bertz CT molecular complexity index is 1160. The van der Waals surface area contributed by atoms with Gasteiger partial charge in [0.2, 0.25) is 0 Å². The van der Waals surface area contributed by atoms with Crippen LogP contribution >= 0.6 is 0 Å². The van der Waals surface area contributed by atoms with Crippen molar-refractivity contribution in [3.05, 3.63) is 76.1 Å². The Labute approximate surface area is 188 Å². The zero-order valence-corrected chi connectivity index (χ0v) is 19.1. The molecule has 2 amide bonds. The summed E-state index contributed by atoms with van der Waals surface area (Å²) in [5, 5.41) is 11.3. The summed E-state index contributed by atoms with van der Waals surface area (Å²) in [6.45, 7) is 9.30. The summed E-state index contributed by atoms with van der Waals surface area (Å²) in [6.07, 6.45) is 3.11. The molecule has 1 aliphatic heterocycles. The maximum atomic E-state index is 12.9. The van der Waals surface area contributed by atoms with E-state index in [1.807, 2.05) is 57.2 Å². The standard InChI is InChI=1S/C25H29N5O2/c1-16-5-7-20(13-18(16)3)24(31)26-21-9-11-29(12-10-21)25(32)23-15-30(28-27-23)22-8-6-17(2)19(4)14-22/h5-8,13-15,21H,9-12H2,1-4H3,(H,26,31). The highest BCUT2D eigenvalue weighted by molar-refractivity contribution is 5.95. The lowest BCUT2D eigenvalue weighted by molar-refractivity contribution is 0.0692. The van der Waals surface area contributed by atoms with Crippen LogP contribution in [0.4, 0.5) is 0 Å². The van der Waals surface area contributed by atoms with Crippen molar-refractivity contribution in [3.8, 4) is 5.69 Å². The van der Waals surface area contributed by atoms with Crippen LogP contribution in [0.5, 0.6) is 0 Å². The van der Waals surface area contributed by atoms with Gasteiger partial charge >= 0.3 is 0 Å². The summed E-state index contributed by atoms with van der Waals surface area (Å²) < 4.78 is 1.64. The monoisotopic (exact) mass is 431 g/mol. The van der Waals surface area contributed by atoms with Gasteiger partial charge in [0.1, 0.15) is 0 Å². The minimum absolute atomic E-state index is 0.0550. The number of hydrogen-bond acceptors (Lipinski definition) is 4. The fourth-order valence-corrected chi connectivity index (χ4v) is 3.90. The van der Waals surface area contributed by atoms with Gasteiger partial charge in [0.15, 0.2) is 5.69 Å². The molecule has 4 rings (SSSR count). The number of likely N-dealkylation sites (tertiary alicyclic amines) is 1. The summed E-state index contributed by atoms with van der Waals surface area (Å²) in [5.74, 6) is -0.187. The van der Waals surface area contributed by atoms with Gasteiger partial charge in [0.05, 0.1) is 11.9 Å². The van der Waals surface area contributed by atoms with Gasteiger partial charge in [0.25, 0.3) is 11.8 Å². The molecule has 7 nitrogen and oxygen atoms in total. The smallest absolute Gasteiger partial charge is 0.276 e. The summed E-state index contributed by atoms with van der Waals surface area (Å²) in [5.41, 5.74) is 6.53. The molecule has 1 fully saturated rings. The van der Waals surface area contributed by atoms with Gasteiger partial charge in [-0.15, -0.1) is 5.10 Å². The van der Waals surface area contributed by atoms with E-state index >= 15 is 0 Å². The number of nitrogens with zero attached hydrogens (tertiary/aromatic N) is 4. The summed E-state index contributed by atoms with van der Waals surface area (Å²) in [6, 6.07) is 11.8. The summed E-state index contributed by atoms with van der Waals surface area (Å²) in [7, 11) is 0. The summed E-state index contributed by atoms with van der Waals surface area (Å²) in [4.78, 5) is 27.3. The van der Waals surface area contributed by atoms with Crippen LogP contribution in [0.15, 0.2) is 42.6 Å². The first-order chi connectivity index (χ1) is 15.3. The Morgan fingerprint density at radius 2 is 1.56 bits per heavy atom. The van der Waals surface area contributed by atoms with E-state index in [0.717, 1.165) is 16.8 Å². The molecule has 0 aliphatic carbocycles. The zero-order valence-electron chi connectivity index (χ0n) is 19.1. The SMILES string of the molecule is Cc1ccc(C(=O)NC2CCN(C(=O)c3cn(-c4ccc(C)c(C)c4)nn3)CC2)cc1C. The van der Waals surface area contributed by atoms with Gasteiger partial charge in [0, 0.05) is 24.7 Å². The van der Waals surface area contributed by atoms with Crippen LogP contribution in [-0.4, -0.2) is 50.8 Å². The maximum Gasteiger partial charge on any atom is 0.276 e. The van der Waals surface area contributed by atoms with Gasteiger partial charge < -0.3 is 10.2 Å². The zero-order chi connectivity index (χ0) is 22.8. The molecule has 0 radical (unpaired) electrons. The molecule has 0 unspecified atom stereocenters. The molecule has 0 spiro atoms. The van der Waals surface area contributed by atoms with Crippen molar-refractivity contribution >= 4 is 11.8 Å². The first-order valence-corrected chi connectivity index (χ1v) is 11.0. The molecule has 2 heterocycles. The topological polar surface area (TPSA) is 80.1 Å². The second-order valence-electron chi connectivity index (χ2n) is 8.66. The van der Waals surface area contributed by atoms with Crippen LogP contribution in [0.25, 0.3) is 5.69 Å². The normalized spacial score (nSPS) is 14.4. The third-order valence-corrected chi connectivity index (χ3v) is 6.35. The Morgan fingerprint density at radius 3 is 2.22 bits per heavy atom. The second kappa shape index (κ2) is 8.94. The van der Waals surface area contributed by atoms with Crippen LogP contribution < -0.4 is 5.32 Å². The molecule has 0 saturated carbocycles. The maximum absolute atomic E-state index is 12.9. The van der Waals surface area contributed by atoms with Gasteiger partial charge in [-0.2, -0.15) is 0 Å². The van der Waals surface area contributed by atoms with E-state index in [4.69, 9.17) is 0 Å². The van der Waals surface area contributed by atoms with Crippen LogP contribution in [0.3, 0.4) is 0 Å². The van der Waals surface area contributed by atoms with Gasteiger partial charge in [-0.25, -0.2) is 4.68 Å². The molecular weight excluding hydrogens is 402 g/mol. The van der Waals surface area contributed by atoms with E-state index in [1.165, 1.54) is 11.1 Å². The predicted octanol–water partition coefficient (Wildman–Crippen LogP) is 3.54. The van der Waals surface area contributed by atoms with E-state index in [9.17, 15) is 9.59 Å². The van der Waals surface area contributed by atoms with Crippen molar-refractivity contribution in [1.82, 2.24) is 25.2 Å². The lowest BCUT2D eigenvalue weighted by atomic mass is 10.0. The van der Waals surface area contributed by atoms with Crippen molar-refractivity contribution in [2.24, 2.45) is 0 Å². The molecule has 1 saturated heterocycles. The minimum atomic E-state index is -0.126. The Morgan fingerprint density at radius 1 is 0.906 bits per heavy atom. The number of carbonyl (C=O) groups is 2. The van der Waals surface area contributed by atoms with Crippen molar-refractivity contribution in [1.29, 1.82) is 0 Å². The number of aromatic nitrogens is 3. The average molecular weight is 432 g/mol. The van der Waals surface area contributed by atoms with Gasteiger partial charge in [-0.1, -0.05) is 17.3 Å². The quantitative estimate of drug-likeness (QED) is 0.685. The van der Waals surface area contributed by atoms with Gasteiger partial charge in [-0.3, -0.25) is 9.59 Å². The van der Waals surface area contributed by atoms with Crippen LogP contribution in [0, 0.1) is 27.7 Å². The molecular formula is C25H29N5O2. The second-order valence-corrected chi connectivity index (χ2v) is 8.66. The number of nitrogens with one attached hydrogen (secondary N) is 1. The molecule has 1 N–H and O–H groups in total. The third-order valence-electron chi connectivity index (χ3n) is 6.35. The van der Waals surface area contributed by atoms with Crippen molar-refractivity contribution in [2.75, 3.05) is 13.1 Å². The molecule has 0 atom stereocenters. The molecule has 32 heavy (non-hydrogen) atoms. The molecule has 1 aromatic heterocycles. The third kappa shape index (κ3) is 4.56. The fourth-order valence-electron chi connectivity index (χ4n) is 3.90. The van der Waals surface area contributed by atoms with E-state index in [2.05, 4.69) is 22.6 Å². The Balaban J connectivity index is 1.34. The average Bonchev–Trinajstić information content (AvgIpc) is 3.28. The number of hydrogen-bond donors (Lipinski definition) is 1. The highest BCUT2D eigenvalue weighted by atomic mass is 16.2. The minimum Gasteiger partial charge on any atom is -0.349 e. The lowest BCUT2D eigenvalue weighted by Crippen LogP contribution is -2.46. The number of rotatable bonds is 4. The number of carbonyl (C=O) groups excluding carboxylic acids is 2. The number of amides is 2. The van der Waals surface area contributed by atoms with Gasteiger partial charge in [-0.05, 0) is 87.1 Å². The summed E-state index contributed by atoms with van der Waals surface area (Å²) >= 11 is 0. The number of aryl methyl sites for hydroxylation is 4. The fraction of sp³-hybridized carbons (Fsp3) is 0.360. The molecule has 3 aromatic rings. The first-order valence-electron chi connectivity index (χ1n) is 11.0. The first kappa shape index (κ1) is 21.7. The highest BCUT2D eigenvalue weighted by Crippen LogP contribution is 2.17. The number of benzene rings is 2. The van der Waals surface area contributed by atoms with E-state index in [1.54, 1.807) is 15.8 Å². The Kier molecular flexibility index (Phi) is 6.08.